The van der Waals surface area contributed by atoms with Gasteiger partial charge in [0.15, 0.2) is 0 Å². The van der Waals surface area contributed by atoms with Gasteiger partial charge in [0.25, 0.3) is 0 Å². The summed E-state index contributed by atoms with van der Waals surface area (Å²) in [6.45, 7) is 2.18. The molecule has 2 aromatic rings. The lowest BCUT2D eigenvalue weighted by molar-refractivity contribution is -0.121. The Labute approximate surface area is 118 Å². The van der Waals surface area contributed by atoms with Crippen LogP contribution in [-0.2, 0) is 16.0 Å². The maximum Gasteiger partial charge on any atom is 0.220 e. The van der Waals surface area contributed by atoms with E-state index in [2.05, 4.69) is 16.4 Å². The number of carbonyl (C=O) groups is 2. The van der Waals surface area contributed by atoms with Gasteiger partial charge in [-0.15, -0.1) is 0 Å². The molecule has 1 aromatic heterocycles. The standard InChI is InChI=1S/C16H20N2O2/c1-12(19)5-4-8-16(20)17-10-9-13-11-18-15-7-3-2-6-14(13)15/h2-3,6-7,11,18H,4-5,8-10H2,1H3,(H,17,20). The van der Waals surface area contributed by atoms with Crippen molar-refractivity contribution in [1.29, 1.82) is 0 Å². The topological polar surface area (TPSA) is 62.0 Å². The zero-order valence-electron chi connectivity index (χ0n) is 11.7. The van der Waals surface area contributed by atoms with Crippen molar-refractivity contribution in [2.75, 3.05) is 6.54 Å². The van der Waals surface area contributed by atoms with Crippen molar-refractivity contribution in [3.8, 4) is 0 Å². The molecule has 0 saturated heterocycles. The molecule has 0 bridgehead atoms. The third-order valence-corrected chi connectivity index (χ3v) is 3.32. The molecule has 0 spiro atoms. The highest BCUT2D eigenvalue weighted by atomic mass is 16.1. The van der Waals surface area contributed by atoms with Crippen LogP contribution in [0.15, 0.2) is 30.5 Å². The highest BCUT2D eigenvalue weighted by molar-refractivity contribution is 5.83. The third-order valence-electron chi connectivity index (χ3n) is 3.32. The third kappa shape index (κ3) is 3.95. The second-order valence-corrected chi connectivity index (χ2v) is 5.02. The SMILES string of the molecule is CC(=O)CCCC(=O)NCCc1c[nH]c2ccccc12. The van der Waals surface area contributed by atoms with Crippen LogP contribution < -0.4 is 5.32 Å². The number of fused-ring (bicyclic) bond motifs is 1. The maximum atomic E-state index is 11.6. The van der Waals surface area contributed by atoms with Crippen molar-refractivity contribution >= 4 is 22.6 Å². The van der Waals surface area contributed by atoms with E-state index in [9.17, 15) is 9.59 Å². The van der Waals surface area contributed by atoms with Gasteiger partial charge in [-0.3, -0.25) is 4.79 Å². The first-order valence-electron chi connectivity index (χ1n) is 6.98. The summed E-state index contributed by atoms with van der Waals surface area (Å²) in [6.07, 6.45) is 4.34. The minimum atomic E-state index is 0.0195. The van der Waals surface area contributed by atoms with Gasteiger partial charge in [-0.2, -0.15) is 0 Å². The molecule has 0 aliphatic carbocycles. The number of aromatic amines is 1. The Bertz CT molecular complexity index is 601. The Hall–Kier alpha value is -2.10. The van der Waals surface area contributed by atoms with E-state index in [1.165, 1.54) is 10.9 Å². The van der Waals surface area contributed by atoms with Crippen LogP contribution in [0.25, 0.3) is 10.9 Å². The molecule has 0 unspecified atom stereocenters. The van der Waals surface area contributed by atoms with Crippen LogP contribution in [-0.4, -0.2) is 23.2 Å². The lowest BCUT2D eigenvalue weighted by Gasteiger charge is -2.04. The minimum Gasteiger partial charge on any atom is -0.361 e. The first kappa shape index (κ1) is 14.3. The fourth-order valence-electron chi connectivity index (χ4n) is 2.26. The van der Waals surface area contributed by atoms with Crippen LogP contribution in [0, 0.1) is 0 Å². The van der Waals surface area contributed by atoms with Crippen molar-refractivity contribution in [1.82, 2.24) is 10.3 Å². The number of aromatic nitrogens is 1. The zero-order valence-corrected chi connectivity index (χ0v) is 11.7. The van der Waals surface area contributed by atoms with E-state index in [1.807, 2.05) is 24.4 Å². The van der Waals surface area contributed by atoms with Gasteiger partial charge >= 0.3 is 0 Å². The fourth-order valence-corrected chi connectivity index (χ4v) is 2.26. The highest BCUT2D eigenvalue weighted by Crippen LogP contribution is 2.17. The van der Waals surface area contributed by atoms with Gasteiger partial charge < -0.3 is 15.1 Å². The second-order valence-electron chi connectivity index (χ2n) is 5.02. The number of hydrogen-bond acceptors (Lipinski definition) is 2. The normalized spacial score (nSPS) is 10.7. The molecule has 0 fully saturated rings. The Morgan fingerprint density at radius 1 is 1.20 bits per heavy atom. The number of amides is 1. The summed E-state index contributed by atoms with van der Waals surface area (Å²) in [5.41, 5.74) is 2.33. The van der Waals surface area contributed by atoms with Crippen LogP contribution >= 0.6 is 0 Å². The van der Waals surface area contributed by atoms with Crippen molar-refractivity contribution < 1.29 is 9.59 Å². The van der Waals surface area contributed by atoms with E-state index < -0.39 is 0 Å². The number of carbonyl (C=O) groups excluding carboxylic acids is 2. The van der Waals surface area contributed by atoms with Gasteiger partial charge in [-0.05, 0) is 31.4 Å². The number of rotatable bonds is 7. The number of para-hydroxylation sites is 1. The van der Waals surface area contributed by atoms with E-state index in [0.717, 1.165) is 11.9 Å². The molecule has 20 heavy (non-hydrogen) atoms. The Kier molecular flexibility index (Phi) is 4.93. The molecule has 106 valence electrons. The van der Waals surface area contributed by atoms with Gasteiger partial charge in [-0.25, -0.2) is 0 Å². The first-order chi connectivity index (χ1) is 9.66. The minimum absolute atomic E-state index is 0.0195. The van der Waals surface area contributed by atoms with Crippen LogP contribution in [0.4, 0.5) is 0 Å². The van der Waals surface area contributed by atoms with Crippen LogP contribution in [0.5, 0.6) is 0 Å². The highest BCUT2D eigenvalue weighted by Gasteiger charge is 2.05. The molecule has 4 heteroatoms. The quantitative estimate of drug-likeness (QED) is 0.813. The number of H-pyrrole nitrogens is 1. The maximum absolute atomic E-state index is 11.6. The van der Waals surface area contributed by atoms with Crippen LogP contribution in [0.1, 0.15) is 31.7 Å². The van der Waals surface area contributed by atoms with Crippen molar-refractivity contribution in [3.05, 3.63) is 36.0 Å². The molecule has 4 nitrogen and oxygen atoms in total. The van der Waals surface area contributed by atoms with E-state index in [-0.39, 0.29) is 11.7 Å². The average molecular weight is 272 g/mol. The van der Waals surface area contributed by atoms with Gasteiger partial charge in [0.1, 0.15) is 5.78 Å². The summed E-state index contributed by atoms with van der Waals surface area (Å²) >= 11 is 0. The predicted octanol–water partition coefficient (Wildman–Crippen LogP) is 2.59. The summed E-state index contributed by atoms with van der Waals surface area (Å²) in [5, 5.41) is 4.10. The molecular formula is C16H20N2O2. The summed E-state index contributed by atoms with van der Waals surface area (Å²) in [6, 6.07) is 8.13. The van der Waals surface area contributed by atoms with Crippen LogP contribution in [0.2, 0.25) is 0 Å². The summed E-state index contributed by atoms with van der Waals surface area (Å²) < 4.78 is 0. The van der Waals surface area contributed by atoms with Gasteiger partial charge in [0.05, 0.1) is 0 Å². The number of benzene rings is 1. The molecule has 0 aliphatic heterocycles. The summed E-state index contributed by atoms with van der Waals surface area (Å²) in [4.78, 5) is 25.6. The monoisotopic (exact) mass is 272 g/mol. The molecule has 2 N–H and O–H groups in total. The van der Waals surface area contributed by atoms with Crippen molar-refractivity contribution in [2.45, 2.75) is 32.6 Å². The molecule has 0 aliphatic rings. The molecule has 2 rings (SSSR count). The fraction of sp³-hybridized carbons (Fsp3) is 0.375. The molecule has 1 aromatic carbocycles. The van der Waals surface area contributed by atoms with Gasteiger partial charge in [0, 0.05) is 36.5 Å². The number of ketones is 1. The van der Waals surface area contributed by atoms with E-state index >= 15 is 0 Å². The Morgan fingerprint density at radius 3 is 2.80 bits per heavy atom. The Balaban J connectivity index is 1.75. The number of nitrogens with one attached hydrogen (secondary N) is 2. The van der Waals surface area contributed by atoms with Crippen LogP contribution in [0.3, 0.4) is 0 Å². The summed E-state index contributed by atoms with van der Waals surface area (Å²) in [5.74, 6) is 0.155. The lowest BCUT2D eigenvalue weighted by Crippen LogP contribution is -2.25. The zero-order chi connectivity index (χ0) is 14.4. The number of Topliss-reactive ketones (excluding diaryl/α,β-unsaturated/α-hetero) is 1. The van der Waals surface area contributed by atoms with E-state index in [4.69, 9.17) is 0 Å². The van der Waals surface area contributed by atoms with Gasteiger partial charge in [0.2, 0.25) is 5.91 Å². The second kappa shape index (κ2) is 6.89. The smallest absolute Gasteiger partial charge is 0.220 e. The predicted molar refractivity (Wildman–Crippen MR) is 79.5 cm³/mol. The average Bonchev–Trinajstić information content (AvgIpc) is 2.82. The molecule has 1 heterocycles. The molecule has 0 radical (unpaired) electrons. The lowest BCUT2D eigenvalue weighted by atomic mass is 10.1. The van der Waals surface area contributed by atoms with Crippen molar-refractivity contribution in [3.63, 3.8) is 0 Å². The Morgan fingerprint density at radius 2 is 2.00 bits per heavy atom. The van der Waals surface area contributed by atoms with E-state index in [1.54, 1.807) is 6.92 Å². The molecule has 1 amide bonds. The number of hydrogen-bond donors (Lipinski definition) is 2. The molecule has 0 saturated carbocycles. The largest absolute Gasteiger partial charge is 0.361 e. The van der Waals surface area contributed by atoms with Gasteiger partial charge in [-0.1, -0.05) is 18.2 Å². The first-order valence-corrected chi connectivity index (χ1v) is 6.98. The summed E-state index contributed by atoms with van der Waals surface area (Å²) in [7, 11) is 0. The van der Waals surface area contributed by atoms with E-state index in [0.29, 0.717) is 25.8 Å². The molecular weight excluding hydrogens is 252 g/mol. The van der Waals surface area contributed by atoms with Crippen molar-refractivity contribution in [2.24, 2.45) is 0 Å². The molecule has 0 atom stereocenters.